The van der Waals surface area contributed by atoms with E-state index in [0.717, 1.165) is 31.5 Å². The summed E-state index contributed by atoms with van der Waals surface area (Å²) in [5.41, 5.74) is 0.495. The first-order chi connectivity index (χ1) is 12.5. The van der Waals surface area contributed by atoms with Crippen molar-refractivity contribution in [3.05, 3.63) is 29.1 Å². The molecule has 7 nitrogen and oxygen atoms in total. The third-order valence-corrected chi connectivity index (χ3v) is 5.50. The summed E-state index contributed by atoms with van der Waals surface area (Å²) >= 11 is 0. The number of hydrogen-bond acceptors (Lipinski definition) is 5. The number of benzene rings is 1. The van der Waals surface area contributed by atoms with Crippen molar-refractivity contribution in [2.45, 2.75) is 37.1 Å². The summed E-state index contributed by atoms with van der Waals surface area (Å²) in [4.78, 5) is 35.8. The average Bonchev–Trinajstić information content (AvgIpc) is 2.96. The minimum absolute atomic E-state index is 0.138. The summed E-state index contributed by atoms with van der Waals surface area (Å²) in [5.74, 6) is -2.04. The largest absolute Gasteiger partial charge is 0.491 e. The van der Waals surface area contributed by atoms with E-state index in [1.54, 1.807) is 6.07 Å². The summed E-state index contributed by atoms with van der Waals surface area (Å²) in [6.45, 7) is 2.11. The van der Waals surface area contributed by atoms with Crippen LogP contribution in [0.15, 0.2) is 12.1 Å². The highest BCUT2D eigenvalue weighted by Crippen LogP contribution is 2.46. The van der Waals surface area contributed by atoms with Gasteiger partial charge < -0.3 is 15.4 Å². The van der Waals surface area contributed by atoms with Gasteiger partial charge in [-0.25, -0.2) is 4.39 Å². The number of nitrogens with one attached hydrogen (secondary N) is 3. The Morgan fingerprint density at radius 2 is 2.04 bits per heavy atom. The molecule has 138 valence electrons. The number of hydrogen-bond donors (Lipinski definition) is 3. The maximum absolute atomic E-state index is 14.5. The van der Waals surface area contributed by atoms with Crippen LogP contribution in [0.25, 0.3) is 0 Å². The zero-order valence-electron chi connectivity index (χ0n) is 14.2. The van der Waals surface area contributed by atoms with E-state index in [2.05, 4.69) is 16.0 Å². The van der Waals surface area contributed by atoms with Crippen LogP contribution in [-0.4, -0.2) is 43.5 Å². The Balaban J connectivity index is 1.62. The fourth-order valence-corrected chi connectivity index (χ4v) is 4.01. The Hall–Kier alpha value is -2.48. The van der Waals surface area contributed by atoms with Crippen LogP contribution >= 0.6 is 0 Å². The predicted molar refractivity (Wildman–Crippen MR) is 89.3 cm³/mol. The lowest BCUT2D eigenvalue weighted by atomic mass is 9.74. The maximum atomic E-state index is 14.5. The number of carbonyl (C=O) groups excluding carboxylic acids is 3. The summed E-state index contributed by atoms with van der Waals surface area (Å²) in [5, 5.41) is 8.00. The highest BCUT2D eigenvalue weighted by Gasteiger charge is 2.44. The SMILES string of the molecule is O=C1CC[C@H](NC(=O)c2c(F)ccc3c2OCC32CCNCC2)C(=O)N1. The number of ether oxygens (including phenoxy) is 1. The standard InChI is InChI=1S/C18H20FN3O4/c19-11-2-1-10-15(26-9-18(10)5-7-20-8-6-18)14(11)17(25)21-12-3-4-13(23)22-16(12)24/h1-2,12,20H,3-9H2,(H,21,25)(H,22,23,24)/t12-/m0/s1. The van der Waals surface area contributed by atoms with Gasteiger partial charge in [0.15, 0.2) is 0 Å². The lowest BCUT2D eigenvalue weighted by molar-refractivity contribution is -0.134. The van der Waals surface area contributed by atoms with E-state index < -0.39 is 23.7 Å². The molecule has 3 aliphatic rings. The molecular formula is C18H20FN3O4. The van der Waals surface area contributed by atoms with Crippen molar-refractivity contribution in [3.8, 4) is 5.75 Å². The molecule has 3 aliphatic heterocycles. The van der Waals surface area contributed by atoms with Crippen LogP contribution in [0.5, 0.6) is 5.75 Å². The van der Waals surface area contributed by atoms with Crippen LogP contribution in [0.2, 0.25) is 0 Å². The molecule has 26 heavy (non-hydrogen) atoms. The van der Waals surface area contributed by atoms with Crippen LogP contribution in [0.3, 0.4) is 0 Å². The highest BCUT2D eigenvalue weighted by molar-refractivity contribution is 6.04. The minimum Gasteiger partial charge on any atom is -0.491 e. The van der Waals surface area contributed by atoms with Gasteiger partial charge in [0.05, 0.1) is 6.61 Å². The first-order valence-corrected chi connectivity index (χ1v) is 8.81. The summed E-state index contributed by atoms with van der Waals surface area (Å²) in [6.07, 6.45) is 2.06. The molecule has 1 aromatic rings. The van der Waals surface area contributed by atoms with Crippen LogP contribution in [0.4, 0.5) is 4.39 Å². The van der Waals surface area contributed by atoms with E-state index in [4.69, 9.17) is 4.74 Å². The van der Waals surface area contributed by atoms with Gasteiger partial charge >= 0.3 is 0 Å². The summed E-state index contributed by atoms with van der Waals surface area (Å²) in [7, 11) is 0. The van der Waals surface area contributed by atoms with E-state index in [0.29, 0.717) is 6.61 Å². The number of carbonyl (C=O) groups is 3. The number of amides is 3. The first kappa shape index (κ1) is 17.0. The van der Waals surface area contributed by atoms with Crippen molar-refractivity contribution < 1.29 is 23.5 Å². The molecule has 3 amide bonds. The van der Waals surface area contributed by atoms with Gasteiger partial charge in [-0.05, 0) is 38.4 Å². The molecule has 0 bridgehead atoms. The van der Waals surface area contributed by atoms with Gasteiger partial charge in [-0.3, -0.25) is 19.7 Å². The average molecular weight is 361 g/mol. The third-order valence-electron chi connectivity index (χ3n) is 5.50. The van der Waals surface area contributed by atoms with Crippen molar-refractivity contribution in [2.75, 3.05) is 19.7 Å². The smallest absolute Gasteiger partial charge is 0.258 e. The van der Waals surface area contributed by atoms with Crippen molar-refractivity contribution in [2.24, 2.45) is 0 Å². The van der Waals surface area contributed by atoms with Gasteiger partial charge in [0.2, 0.25) is 11.8 Å². The molecule has 2 fully saturated rings. The van der Waals surface area contributed by atoms with Crippen LogP contribution in [0.1, 0.15) is 41.6 Å². The van der Waals surface area contributed by atoms with Crippen molar-refractivity contribution in [1.29, 1.82) is 0 Å². The Labute approximate surface area is 149 Å². The second kappa shape index (κ2) is 6.35. The number of piperidine rings is 2. The quantitative estimate of drug-likeness (QED) is 0.662. The lowest BCUT2D eigenvalue weighted by Gasteiger charge is -2.32. The van der Waals surface area contributed by atoms with E-state index in [1.165, 1.54) is 6.07 Å². The van der Waals surface area contributed by atoms with Gasteiger partial charge in [-0.1, -0.05) is 6.07 Å². The number of fused-ring (bicyclic) bond motifs is 2. The second-order valence-electron chi connectivity index (χ2n) is 7.10. The van der Waals surface area contributed by atoms with Gasteiger partial charge in [-0.2, -0.15) is 0 Å². The summed E-state index contributed by atoms with van der Waals surface area (Å²) in [6, 6.07) is 2.13. The molecular weight excluding hydrogens is 341 g/mol. The Bertz CT molecular complexity index is 789. The molecule has 3 heterocycles. The zero-order valence-corrected chi connectivity index (χ0v) is 14.2. The second-order valence-corrected chi connectivity index (χ2v) is 7.10. The van der Waals surface area contributed by atoms with Crippen LogP contribution in [0, 0.1) is 5.82 Å². The monoisotopic (exact) mass is 361 g/mol. The molecule has 1 spiro atoms. The molecule has 1 atom stereocenters. The Morgan fingerprint density at radius 3 is 2.77 bits per heavy atom. The molecule has 4 rings (SSSR count). The number of imide groups is 1. The molecule has 0 unspecified atom stereocenters. The van der Waals surface area contributed by atoms with E-state index >= 15 is 0 Å². The topological polar surface area (TPSA) is 96.5 Å². The normalized spacial score (nSPS) is 24.0. The third kappa shape index (κ3) is 2.74. The molecule has 3 N–H and O–H groups in total. The van der Waals surface area contributed by atoms with E-state index in [-0.39, 0.29) is 35.5 Å². The van der Waals surface area contributed by atoms with Gasteiger partial charge in [0.1, 0.15) is 23.2 Å². The van der Waals surface area contributed by atoms with E-state index in [9.17, 15) is 18.8 Å². The number of rotatable bonds is 2. The minimum atomic E-state index is -0.857. The van der Waals surface area contributed by atoms with Crippen molar-refractivity contribution in [3.63, 3.8) is 0 Å². The fourth-order valence-electron chi connectivity index (χ4n) is 4.01. The molecule has 8 heteroatoms. The Kier molecular flexibility index (Phi) is 4.14. The zero-order chi connectivity index (χ0) is 18.3. The van der Waals surface area contributed by atoms with Gasteiger partial charge in [0, 0.05) is 17.4 Å². The molecule has 0 saturated carbocycles. The summed E-state index contributed by atoms with van der Waals surface area (Å²) < 4.78 is 20.2. The predicted octanol–water partition coefficient (Wildman–Crippen LogP) is 0.374. The maximum Gasteiger partial charge on any atom is 0.258 e. The number of halogens is 1. The van der Waals surface area contributed by atoms with E-state index in [1.807, 2.05) is 0 Å². The van der Waals surface area contributed by atoms with Gasteiger partial charge in [-0.15, -0.1) is 0 Å². The van der Waals surface area contributed by atoms with Gasteiger partial charge in [0.25, 0.3) is 5.91 Å². The lowest BCUT2D eigenvalue weighted by Crippen LogP contribution is -2.52. The molecule has 1 aromatic carbocycles. The first-order valence-electron chi connectivity index (χ1n) is 8.81. The van der Waals surface area contributed by atoms with Crippen molar-refractivity contribution >= 4 is 17.7 Å². The van der Waals surface area contributed by atoms with Crippen molar-refractivity contribution in [1.82, 2.24) is 16.0 Å². The fraction of sp³-hybridized carbons (Fsp3) is 0.500. The Morgan fingerprint density at radius 1 is 1.27 bits per heavy atom. The highest BCUT2D eigenvalue weighted by atomic mass is 19.1. The molecule has 0 radical (unpaired) electrons. The molecule has 0 aliphatic carbocycles. The molecule has 0 aromatic heterocycles. The molecule has 2 saturated heterocycles. The van der Waals surface area contributed by atoms with Crippen LogP contribution < -0.4 is 20.7 Å². The van der Waals surface area contributed by atoms with Crippen LogP contribution in [-0.2, 0) is 15.0 Å².